The molecule has 0 amide bonds. The fourth-order valence-electron chi connectivity index (χ4n) is 5.90. The number of aromatic nitrogens is 5. The Morgan fingerprint density at radius 2 is 2.00 bits per heavy atom. The van der Waals surface area contributed by atoms with Gasteiger partial charge < -0.3 is 15.0 Å². The van der Waals surface area contributed by atoms with E-state index < -0.39 is 0 Å². The molecule has 1 spiro atoms. The molecule has 4 aromatic rings. The number of ether oxygens (including phenoxy) is 1. The number of rotatable bonds is 2. The summed E-state index contributed by atoms with van der Waals surface area (Å²) in [6.07, 6.45) is 11.2. The normalized spacial score (nSPS) is 19.4. The number of nitrogens with one attached hydrogen (secondary N) is 1. The third-order valence-electron chi connectivity index (χ3n) is 7.86. The molecule has 0 saturated heterocycles. The van der Waals surface area contributed by atoms with Crippen LogP contribution in [0.25, 0.3) is 16.9 Å². The molecular weight excluding hydrogens is 478 g/mol. The lowest BCUT2D eigenvalue weighted by molar-refractivity contribution is 0.271. The van der Waals surface area contributed by atoms with E-state index in [0.29, 0.717) is 47.2 Å². The predicted molar refractivity (Wildman–Crippen MR) is 146 cm³/mol. The Kier molecular flexibility index (Phi) is 5.54. The van der Waals surface area contributed by atoms with E-state index in [1.165, 1.54) is 24.0 Å². The first kappa shape index (κ1) is 23.2. The first-order chi connectivity index (χ1) is 18.6. The summed E-state index contributed by atoms with van der Waals surface area (Å²) in [5.41, 5.74) is 4.48. The molecule has 0 radical (unpaired) electrons. The molecule has 1 N–H and O–H groups in total. The third kappa shape index (κ3) is 4.07. The van der Waals surface area contributed by atoms with Crippen molar-refractivity contribution in [2.24, 2.45) is 0 Å². The van der Waals surface area contributed by atoms with Crippen molar-refractivity contribution in [2.45, 2.75) is 50.6 Å². The summed E-state index contributed by atoms with van der Waals surface area (Å²) in [5, 5.41) is 3.83. The van der Waals surface area contributed by atoms with E-state index in [2.05, 4.69) is 46.5 Å². The maximum absolute atomic E-state index is 13.4. The Morgan fingerprint density at radius 1 is 1.08 bits per heavy atom. The summed E-state index contributed by atoms with van der Waals surface area (Å²) in [4.78, 5) is 29.9. The highest BCUT2D eigenvalue weighted by Crippen LogP contribution is 2.52. The second kappa shape index (κ2) is 9.09. The summed E-state index contributed by atoms with van der Waals surface area (Å²) >= 11 is 0. The molecule has 2 aliphatic heterocycles. The Labute approximate surface area is 220 Å². The number of nitrogens with zero attached hydrogens (tertiary/aromatic N) is 6. The van der Waals surface area contributed by atoms with Crippen molar-refractivity contribution in [1.29, 1.82) is 0 Å². The Morgan fingerprint density at radius 3 is 2.89 bits per heavy atom. The molecule has 2 bridgehead atoms. The number of anilines is 2. The zero-order chi connectivity index (χ0) is 25.7. The largest absolute Gasteiger partial charge is 0.478 e. The van der Waals surface area contributed by atoms with Crippen LogP contribution < -0.4 is 15.6 Å². The highest BCUT2D eigenvalue weighted by molar-refractivity contribution is 5.77. The quantitative estimate of drug-likeness (QED) is 0.403. The lowest BCUT2D eigenvalue weighted by Crippen LogP contribution is -2.35. The van der Waals surface area contributed by atoms with Gasteiger partial charge in [0.1, 0.15) is 5.39 Å². The van der Waals surface area contributed by atoms with Crippen LogP contribution in [0.15, 0.2) is 59.5 Å². The number of hydrogen-bond donors (Lipinski definition) is 1. The smallest absolute Gasteiger partial charge is 0.278 e. The molecule has 38 heavy (non-hydrogen) atoms. The van der Waals surface area contributed by atoms with Gasteiger partial charge in [0, 0.05) is 36.5 Å². The van der Waals surface area contributed by atoms with Crippen LogP contribution in [0.1, 0.15) is 43.2 Å². The minimum Gasteiger partial charge on any atom is -0.478 e. The fourth-order valence-corrected chi connectivity index (χ4v) is 5.90. The first-order valence-corrected chi connectivity index (χ1v) is 13.4. The van der Waals surface area contributed by atoms with Gasteiger partial charge in [-0.3, -0.25) is 4.79 Å². The van der Waals surface area contributed by atoms with Gasteiger partial charge in [-0.05, 0) is 68.5 Å². The lowest BCUT2D eigenvalue weighted by Gasteiger charge is -2.32. The summed E-state index contributed by atoms with van der Waals surface area (Å²) < 4.78 is 9.32. The van der Waals surface area contributed by atoms with Crippen LogP contribution in [-0.4, -0.2) is 49.4 Å². The molecule has 0 unspecified atom stereocenters. The highest BCUT2D eigenvalue weighted by Gasteiger charge is 2.48. The van der Waals surface area contributed by atoms with Crippen molar-refractivity contribution in [3.8, 4) is 11.7 Å². The second-order valence-electron chi connectivity index (χ2n) is 10.7. The van der Waals surface area contributed by atoms with Crippen molar-refractivity contribution in [1.82, 2.24) is 29.2 Å². The summed E-state index contributed by atoms with van der Waals surface area (Å²) in [6, 6.07) is 12.2. The standard InChI is InChI=1S/C29H31N7O2/c1-34-18-20-16-21(10-11-23(20)29(19-34)12-13-29)31-28-30-17-22-26(33-28)36-24-8-7-9-25(32-24)38-15-6-4-2-3-5-14-35(36)27(22)37/h3,5,7-11,16-17H,2,4,6,12-15,18-19H2,1H3,(H,30,31,33)/b5-3+. The van der Waals surface area contributed by atoms with E-state index >= 15 is 0 Å². The second-order valence-corrected chi connectivity index (χ2v) is 10.7. The highest BCUT2D eigenvalue weighted by atomic mass is 16.5. The molecule has 9 nitrogen and oxygen atoms in total. The molecule has 5 heterocycles. The minimum absolute atomic E-state index is 0.147. The van der Waals surface area contributed by atoms with Crippen molar-refractivity contribution in [3.63, 3.8) is 0 Å². The van der Waals surface area contributed by atoms with Gasteiger partial charge in [-0.1, -0.05) is 24.3 Å². The molecule has 3 aliphatic rings. The van der Waals surface area contributed by atoms with Crippen molar-refractivity contribution < 1.29 is 4.74 Å². The summed E-state index contributed by atoms with van der Waals surface area (Å²) in [7, 11) is 2.19. The minimum atomic E-state index is -0.147. The van der Waals surface area contributed by atoms with E-state index in [4.69, 9.17) is 14.7 Å². The van der Waals surface area contributed by atoms with E-state index in [-0.39, 0.29) is 5.56 Å². The summed E-state index contributed by atoms with van der Waals surface area (Å²) in [6.45, 7) is 3.10. The van der Waals surface area contributed by atoms with Crippen LogP contribution in [0.5, 0.6) is 5.88 Å². The van der Waals surface area contributed by atoms with Crippen LogP contribution in [0.2, 0.25) is 0 Å². The SMILES string of the molecule is CN1Cc2cc(Nc3ncc4c(=O)n5n(c4n3)-c3cccc(n3)OCCCC/C=C/C5)ccc2C2(CC2)C1. The predicted octanol–water partition coefficient (Wildman–Crippen LogP) is 4.32. The Balaban J connectivity index is 1.30. The van der Waals surface area contributed by atoms with Gasteiger partial charge in [-0.2, -0.15) is 9.97 Å². The van der Waals surface area contributed by atoms with E-state index in [1.807, 2.05) is 24.3 Å². The Hall–Kier alpha value is -3.98. The fraction of sp³-hybridized carbons (Fsp3) is 0.379. The summed E-state index contributed by atoms with van der Waals surface area (Å²) in [5.74, 6) is 1.56. The van der Waals surface area contributed by atoms with Crippen molar-refractivity contribution >= 4 is 22.7 Å². The molecule has 3 aromatic heterocycles. The van der Waals surface area contributed by atoms with Crippen molar-refractivity contribution in [3.05, 3.63) is 76.2 Å². The molecule has 1 fully saturated rings. The molecule has 7 rings (SSSR count). The van der Waals surface area contributed by atoms with Gasteiger partial charge in [0.2, 0.25) is 11.8 Å². The first-order valence-electron chi connectivity index (χ1n) is 13.4. The number of likely N-dealkylation sites (N-methyl/N-ethyl adjacent to an activating group) is 1. The van der Waals surface area contributed by atoms with Crippen LogP contribution >= 0.6 is 0 Å². The van der Waals surface area contributed by atoms with Crippen LogP contribution in [0.4, 0.5) is 11.6 Å². The van der Waals surface area contributed by atoms with Gasteiger partial charge in [0.25, 0.3) is 5.56 Å². The molecular formula is C29H31N7O2. The Bertz CT molecular complexity index is 1620. The topological polar surface area (TPSA) is 90.1 Å². The van der Waals surface area contributed by atoms with E-state index in [0.717, 1.165) is 38.0 Å². The number of pyridine rings is 1. The molecule has 194 valence electrons. The van der Waals surface area contributed by atoms with Gasteiger partial charge in [-0.15, -0.1) is 0 Å². The van der Waals surface area contributed by atoms with Gasteiger partial charge in [-0.25, -0.2) is 14.3 Å². The zero-order valence-corrected chi connectivity index (χ0v) is 21.6. The van der Waals surface area contributed by atoms with Crippen LogP contribution in [0.3, 0.4) is 0 Å². The molecule has 9 heteroatoms. The zero-order valence-electron chi connectivity index (χ0n) is 21.6. The molecule has 0 atom stereocenters. The maximum atomic E-state index is 13.4. The molecule has 1 aromatic carbocycles. The average Bonchev–Trinajstić information content (AvgIpc) is 3.61. The lowest BCUT2D eigenvalue weighted by atomic mass is 9.87. The third-order valence-corrected chi connectivity index (χ3v) is 7.86. The molecule has 1 saturated carbocycles. The van der Waals surface area contributed by atoms with Crippen molar-refractivity contribution in [2.75, 3.05) is 25.5 Å². The monoisotopic (exact) mass is 509 g/mol. The van der Waals surface area contributed by atoms with Crippen LogP contribution in [-0.2, 0) is 18.5 Å². The van der Waals surface area contributed by atoms with Crippen LogP contribution in [0, 0.1) is 0 Å². The van der Waals surface area contributed by atoms with E-state index in [9.17, 15) is 4.79 Å². The van der Waals surface area contributed by atoms with Gasteiger partial charge in [0.15, 0.2) is 11.5 Å². The number of fused-ring (bicyclic) bond motifs is 8. The average molecular weight is 510 g/mol. The van der Waals surface area contributed by atoms with Gasteiger partial charge >= 0.3 is 0 Å². The van der Waals surface area contributed by atoms with E-state index in [1.54, 1.807) is 15.6 Å². The maximum Gasteiger partial charge on any atom is 0.278 e. The number of hydrogen-bond acceptors (Lipinski definition) is 7. The number of benzene rings is 1. The molecule has 1 aliphatic carbocycles. The number of allylic oxidation sites excluding steroid dienone is 2. The van der Waals surface area contributed by atoms with Gasteiger partial charge in [0.05, 0.1) is 13.2 Å².